The van der Waals surface area contributed by atoms with E-state index < -0.39 is 0 Å². The first kappa shape index (κ1) is 10.9. The van der Waals surface area contributed by atoms with Gasteiger partial charge in [0, 0.05) is 18.6 Å². The molecule has 2 atom stereocenters. The van der Waals surface area contributed by atoms with Crippen molar-refractivity contribution in [1.82, 2.24) is 4.90 Å². The fourth-order valence-corrected chi connectivity index (χ4v) is 1.13. The van der Waals surface area contributed by atoms with Crippen LogP contribution >= 0.6 is 0 Å². The molecule has 0 rings (SSSR count). The van der Waals surface area contributed by atoms with E-state index in [2.05, 4.69) is 32.7 Å². The minimum Gasteiger partial charge on any atom is -0.327 e. The predicted molar refractivity (Wildman–Crippen MR) is 50.6 cm³/mol. The fourth-order valence-electron chi connectivity index (χ4n) is 1.13. The highest BCUT2D eigenvalue weighted by Gasteiger charge is 2.13. The van der Waals surface area contributed by atoms with Gasteiger partial charge in [-0.05, 0) is 26.8 Å². The molecule has 2 nitrogen and oxygen atoms in total. The normalized spacial score (nSPS) is 17.5. The Morgan fingerprint density at radius 2 is 1.64 bits per heavy atom. The molecule has 0 spiro atoms. The molecule has 0 saturated carbocycles. The Kier molecular flexibility index (Phi) is 4.69. The first-order valence-electron chi connectivity index (χ1n) is 4.41. The summed E-state index contributed by atoms with van der Waals surface area (Å²) in [6.45, 7) is 9.75. The topological polar surface area (TPSA) is 29.3 Å². The van der Waals surface area contributed by atoms with E-state index in [0.29, 0.717) is 12.0 Å². The maximum absolute atomic E-state index is 5.69. The summed E-state index contributed by atoms with van der Waals surface area (Å²) in [4.78, 5) is 2.31. The summed E-state index contributed by atoms with van der Waals surface area (Å²) >= 11 is 0. The smallest absolute Gasteiger partial charge is 0.0139 e. The van der Waals surface area contributed by atoms with Crippen molar-refractivity contribution in [3.8, 4) is 0 Å². The Morgan fingerprint density at radius 3 is 1.91 bits per heavy atom. The zero-order chi connectivity index (χ0) is 9.02. The molecule has 0 aliphatic heterocycles. The second kappa shape index (κ2) is 4.73. The average molecular weight is 158 g/mol. The molecule has 0 radical (unpaired) electrons. The molecule has 0 amide bonds. The standard InChI is InChI=1S/C9H22N2/c1-7(2)9(4)11(5)6-8(3)10/h7-9H,6,10H2,1-5H3/t8-,9?/m0/s1. The van der Waals surface area contributed by atoms with Gasteiger partial charge in [0.2, 0.25) is 0 Å². The van der Waals surface area contributed by atoms with Gasteiger partial charge in [-0.3, -0.25) is 0 Å². The Labute approximate surface area is 70.8 Å². The molecule has 0 bridgehead atoms. The Bertz CT molecular complexity index is 99.7. The molecule has 2 N–H and O–H groups in total. The van der Waals surface area contributed by atoms with Crippen LogP contribution in [-0.4, -0.2) is 30.6 Å². The van der Waals surface area contributed by atoms with Crippen molar-refractivity contribution < 1.29 is 0 Å². The third kappa shape index (κ3) is 4.38. The van der Waals surface area contributed by atoms with Crippen LogP contribution in [-0.2, 0) is 0 Å². The fraction of sp³-hybridized carbons (Fsp3) is 1.00. The van der Waals surface area contributed by atoms with Crippen LogP contribution in [0.25, 0.3) is 0 Å². The molecule has 2 heteroatoms. The van der Waals surface area contributed by atoms with Crippen molar-refractivity contribution in [2.75, 3.05) is 13.6 Å². The zero-order valence-electron chi connectivity index (χ0n) is 8.46. The van der Waals surface area contributed by atoms with E-state index in [0.717, 1.165) is 6.54 Å². The molecular formula is C9H22N2. The summed E-state index contributed by atoms with van der Waals surface area (Å²) in [6, 6.07) is 0.905. The van der Waals surface area contributed by atoms with Crippen molar-refractivity contribution in [3.63, 3.8) is 0 Å². The number of hydrogen-bond acceptors (Lipinski definition) is 2. The van der Waals surface area contributed by atoms with E-state index in [1.807, 2.05) is 6.92 Å². The van der Waals surface area contributed by atoms with Crippen LogP contribution in [0.2, 0.25) is 0 Å². The molecule has 0 saturated heterocycles. The lowest BCUT2D eigenvalue weighted by molar-refractivity contribution is 0.200. The Hall–Kier alpha value is -0.0800. The molecule has 0 heterocycles. The summed E-state index contributed by atoms with van der Waals surface area (Å²) in [5.74, 6) is 0.707. The third-order valence-corrected chi connectivity index (χ3v) is 2.24. The highest BCUT2D eigenvalue weighted by Crippen LogP contribution is 2.07. The number of likely N-dealkylation sites (N-methyl/N-ethyl adjacent to an activating group) is 1. The van der Waals surface area contributed by atoms with Crippen LogP contribution in [0.1, 0.15) is 27.7 Å². The van der Waals surface area contributed by atoms with Gasteiger partial charge < -0.3 is 10.6 Å². The molecule has 0 aromatic carbocycles. The highest BCUT2D eigenvalue weighted by atomic mass is 15.1. The maximum Gasteiger partial charge on any atom is 0.0139 e. The van der Waals surface area contributed by atoms with Gasteiger partial charge in [-0.1, -0.05) is 13.8 Å². The largest absolute Gasteiger partial charge is 0.327 e. The molecule has 1 unspecified atom stereocenters. The Balaban J connectivity index is 3.73. The summed E-state index contributed by atoms with van der Waals surface area (Å²) in [7, 11) is 2.13. The lowest BCUT2D eigenvalue weighted by Crippen LogP contribution is -2.40. The quantitative estimate of drug-likeness (QED) is 0.668. The second-order valence-corrected chi connectivity index (χ2v) is 3.90. The van der Waals surface area contributed by atoms with Crippen LogP contribution in [0.4, 0.5) is 0 Å². The maximum atomic E-state index is 5.69. The van der Waals surface area contributed by atoms with Crippen molar-refractivity contribution in [1.29, 1.82) is 0 Å². The van der Waals surface area contributed by atoms with E-state index in [-0.39, 0.29) is 6.04 Å². The molecule has 68 valence electrons. The molecule has 0 aromatic heterocycles. The van der Waals surface area contributed by atoms with Gasteiger partial charge in [-0.15, -0.1) is 0 Å². The van der Waals surface area contributed by atoms with Crippen molar-refractivity contribution in [3.05, 3.63) is 0 Å². The van der Waals surface area contributed by atoms with E-state index in [1.165, 1.54) is 0 Å². The number of hydrogen-bond donors (Lipinski definition) is 1. The van der Waals surface area contributed by atoms with Gasteiger partial charge in [0.15, 0.2) is 0 Å². The third-order valence-electron chi connectivity index (χ3n) is 2.24. The first-order valence-corrected chi connectivity index (χ1v) is 4.41. The van der Waals surface area contributed by atoms with Crippen LogP contribution in [0, 0.1) is 5.92 Å². The van der Waals surface area contributed by atoms with Crippen molar-refractivity contribution in [2.24, 2.45) is 11.7 Å². The van der Waals surface area contributed by atoms with E-state index in [9.17, 15) is 0 Å². The predicted octanol–water partition coefficient (Wildman–Crippen LogP) is 1.31. The van der Waals surface area contributed by atoms with E-state index >= 15 is 0 Å². The van der Waals surface area contributed by atoms with Gasteiger partial charge >= 0.3 is 0 Å². The summed E-state index contributed by atoms with van der Waals surface area (Å²) in [5, 5.41) is 0. The first-order chi connectivity index (χ1) is 4.95. The van der Waals surface area contributed by atoms with Gasteiger partial charge in [-0.25, -0.2) is 0 Å². The van der Waals surface area contributed by atoms with Gasteiger partial charge in [0.25, 0.3) is 0 Å². The van der Waals surface area contributed by atoms with E-state index in [1.54, 1.807) is 0 Å². The van der Waals surface area contributed by atoms with Crippen molar-refractivity contribution in [2.45, 2.75) is 39.8 Å². The number of rotatable bonds is 4. The molecule has 0 fully saturated rings. The zero-order valence-corrected chi connectivity index (χ0v) is 8.46. The number of nitrogens with two attached hydrogens (primary N) is 1. The van der Waals surface area contributed by atoms with E-state index in [4.69, 9.17) is 5.73 Å². The highest BCUT2D eigenvalue weighted by molar-refractivity contribution is 4.69. The van der Waals surface area contributed by atoms with Crippen LogP contribution in [0.5, 0.6) is 0 Å². The van der Waals surface area contributed by atoms with Gasteiger partial charge in [0.05, 0.1) is 0 Å². The summed E-state index contributed by atoms with van der Waals surface area (Å²) < 4.78 is 0. The lowest BCUT2D eigenvalue weighted by atomic mass is 10.1. The molecule has 0 aromatic rings. The van der Waals surface area contributed by atoms with Gasteiger partial charge in [-0.2, -0.15) is 0 Å². The molecule has 0 aliphatic rings. The van der Waals surface area contributed by atoms with Crippen LogP contribution in [0.3, 0.4) is 0 Å². The summed E-state index contributed by atoms with van der Waals surface area (Å²) in [5.41, 5.74) is 5.69. The molecule has 11 heavy (non-hydrogen) atoms. The average Bonchev–Trinajstić information content (AvgIpc) is 1.84. The Morgan fingerprint density at radius 1 is 1.18 bits per heavy atom. The minimum atomic E-state index is 0.279. The number of nitrogens with zero attached hydrogens (tertiary/aromatic N) is 1. The van der Waals surface area contributed by atoms with Crippen LogP contribution < -0.4 is 5.73 Å². The molecule has 0 aliphatic carbocycles. The van der Waals surface area contributed by atoms with Gasteiger partial charge in [0.1, 0.15) is 0 Å². The SMILES string of the molecule is CC(C)C(C)N(C)C[C@H](C)N. The monoisotopic (exact) mass is 158 g/mol. The lowest BCUT2D eigenvalue weighted by Gasteiger charge is -2.28. The molecular weight excluding hydrogens is 136 g/mol. The van der Waals surface area contributed by atoms with Crippen molar-refractivity contribution >= 4 is 0 Å². The second-order valence-electron chi connectivity index (χ2n) is 3.90. The summed E-state index contributed by atoms with van der Waals surface area (Å²) in [6.07, 6.45) is 0. The minimum absolute atomic E-state index is 0.279. The van der Waals surface area contributed by atoms with Crippen LogP contribution in [0.15, 0.2) is 0 Å².